The Morgan fingerprint density at radius 3 is 2.27 bits per heavy atom. The molecular formula is C20H29FN2O6S. The molecule has 1 heterocycles. The van der Waals surface area contributed by atoms with Crippen molar-refractivity contribution >= 4 is 21.9 Å². The average Bonchev–Trinajstić information content (AvgIpc) is 2.64. The molecule has 4 atom stereocenters. The van der Waals surface area contributed by atoms with Crippen molar-refractivity contribution in [1.82, 2.24) is 9.62 Å². The minimum absolute atomic E-state index is 0.142. The summed E-state index contributed by atoms with van der Waals surface area (Å²) in [5.74, 6) is -2.71. The molecule has 1 fully saturated rings. The van der Waals surface area contributed by atoms with Crippen LogP contribution >= 0.6 is 0 Å². The summed E-state index contributed by atoms with van der Waals surface area (Å²) in [5, 5.41) is 0. The van der Waals surface area contributed by atoms with Crippen LogP contribution in [0.15, 0.2) is 29.2 Å². The highest BCUT2D eigenvalue weighted by atomic mass is 32.2. The van der Waals surface area contributed by atoms with Gasteiger partial charge in [-0.3, -0.25) is 9.59 Å². The Kier molecular flexibility index (Phi) is 7.95. The number of carbonyl (C=O) groups is 2. The molecule has 0 radical (unpaired) electrons. The van der Waals surface area contributed by atoms with Gasteiger partial charge in [0.15, 0.2) is 6.10 Å². The molecule has 1 saturated heterocycles. The summed E-state index contributed by atoms with van der Waals surface area (Å²) in [4.78, 5) is 26.3. The van der Waals surface area contributed by atoms with E-state index in [-0.39, 0.29) is 18.1 Å². The molecule has 1 amide bonds. The standard InChI is InChI=1S/C20H29FN2O6S/c1-12(2)18(22-30(26,27)17-9-7-6-8-16(17)21)20(25)29-15(5)19(24)23-10-13(3)28-14(4)11-23/h6-9,12-15,18,22H,10-11H2,1-5H3. The molecule has 0 bridgehead atoms. The van der Waals surface area contributed by atoms with Crippen LogP contribution in [0.25, 0.3) is 0 Å². The fourth-order valence-electron chi connectivity index (χ4n) is 3.26. The monoisotopic (exact) mass is 444 g/mol. The smallest absolute Gasteiger partial charge is 0.325 e. The number of hydrogen-bond acceptors (Lipinski definition) is 6. The third-order valence-electron chi connectivity index (χ3n) is 4.70. The van der Waals surface area contributed by atoms with Crippen LogP contribution in [0.4, 0.5) is 4.39 Å². The van der Waals surface area contributed by atoms with Gasteiger partial charge in [-0.2, -0.15) is 4.72 Å². The maximum Gasteiger partial charge on any atom is 0.325 e. The van der Waals surface area contributed by atoms with Gasteiger partial charge in [-0.05, 0) is 38.8 Å². The second kappa shape index (κ2) is 9.84. The predicted molar refractivity (Wildman–Crippen MR) is 107 cm³/mol. The Hall–Kier alpha value is -2.04. The number of amides is 1. The number of sulfonamides is 1. The van der Waals surface area contributed by atoms with Crippen molar-refractivity contribution in [3.05, 3.63) is 30.1 Å². The van der Waals surface area contributed by atoms with Gasteiger partial charge in [0.2, 0.25) is 10.0 Å². The first-order valence-electron chi connectivity index (χ1n) is 9.84. The van der Waals surface area contributed by atoms with Crippen LogP contribution in [0, 0.1) is 11.7 Å². The quantitative estimate of drug-likeness (QED) is 0.643. The van der Waals surface area contributed by atoms with Crippen molar-refractivity contribution in [3.63, 3.8) is 0 Å². The molecule has 1 aromatic rings. The molecule has 2 rings (SSSR count). The van der Waals surface area contributed by atoms with Crippen LogP contribution in [0.1, 0.15) is 34.6 Å². The number of hydrogen-bond donors (Lipinski definition) is 1. The Labute approximate surface area is 176 Å². The molecule has 1 N–H and O–H groups in total. The topological polar surface area (TPSA) is 102 Å². The Balaban J connectivity index is 2.10. The zero-order valence-corrected chi connectivity index (χ0v) is 18.6. The van der Waals surface area contributed by atoms with E-state index in [9.17, 15) is 22.4 Å². The average molecular weight is 445 g/mol. The van der Waals surface area contributed by atoms with Crippen LogP contribution < -0.4 is 4.72 Å². The van der Waals surface area contributed by atoms with Crippen molar-refractivity contribution in [3.8, 4) is 0 Å². The summed E-state index contributed by atoms with van der Waals surface area (Å²) in [6.07, 6.45) is -1.39. The fourth-order valence-corrected chi connectivity index (χ4v) is 4.67. The lowest BCUT2D eigenvalue weighted by molar-refractivity contribution is -0.166. The molecule has 0 spiro atoms. The van der Waals surface area contributed by atoms with E-state index in [2.05, 4.69) is 4.72 Å². The SMILES string of the molecule is CC1CN(C(=O)C(C)OC(=O)C(NS(=O)(=O)c2ccccc2F)C(C)C)CC(C)O1. The van der Waals surface area contributed by atoms with E-state index in [1.54, 1.807) is 18.7 Å². The number of benzene rings is 1. The van der Waals surface area contributed by atoms with Crippen LogP contribution in [0.2, 0.25) is 0 Å². The lowest BCUT2D eigenvalue weighted by Crippen LogP contribution is -2.52. The Bertz CT molecular complexity index is 866. The number of ether oxygens (including phenoxy) is 2. The van der Waals surface area contributed by atoms with Crippen molar-refractivity contribution in [2.45, 2.75) is 63.9 Å². The van der Waals surface area contributed by atoms with E-state index in [4.69, 9.17) is 9.47 Å². The molecule has 30 heavy (non-hydrogen) atoms. The maximum atomic E-state index is 13.9. The zero-order chi connectivity index (χ0) is 22.6. The Morgan fingerprint density at radius 1 is 1.17 bits per heavy atom. The third kappa shape index (κ3) is 5.99. The molecule has 1 aromatic carbocycles. The van der Waals surface area contributed by atoms with Crippen molar-refractivity contribution < 1.29 is 31.9 Å². The maximum absolute atomic E-state index is 13.9. The lowest BCUT2D eigenvalue weighted by Gasteiger charge is -2.36. The molecule has 1 aliphatic rings. The molecule has 10 heteroatoms. The van der Waals surface area contributed by atoms with Crippen molar-refractivity contribution in [2.75, 3.05) is 13.1 Å². The normalized spacial score (nSPS) is 21.9. The van der Waals surface area contributed by atoms with Crippen LogP contribution in [-0.4, -0.2) is 62.6 Å². The number of rotatable bonds is 7. The van der Waals surface area contributed by atoms with Gasteiger partial charge in [-0.25, -0.2) is 12.8 Å². The first kappa shape index (κ1) is 24.2. The third-order valence-corrected chi connectivity index (χ3v) is 6.18. The molecule has 168 valence electrons. The number of esters is 1. The summed E-state index contributed by atoms with van der Waals surface area (Å²) in [6.45, 7) is 9.12. The summed E-state index contributed by atoms with van der Waals surface area (Å²) < 4.78 is 52.1. The number of nitrogens with one attached hydrogen (secondary N) is 1. The zero-order valence-electron chi connectivity index (χ0n) is 17.8. The van der Waals surface area contributed by atoms with E-state index in [0.29, 0.717) is 13.1 Å². The molecule has 8 nitrogen and oxygen atoms in total. The van der Waals surface area contributed by atoms with Gasteiger partial charge in [0.25, 0.3) is 5.91 Å². The summed E-state index contributed by atoms with van der Waals surface area (Å²) in [6, 6.07) is 3.58. The summed E-state index contributed by atoms with van der Waals surface area (Å²) >= 11 is 0. The molecule has 0 aliphatic carbocycles. The van der Waals surface area contributed by atoms with Gasteiger partial charge in [-0.1, -0.05) is 26.0 Å². The van der Waals surface area contributed by atoms with Gasteiger partial charge in [0.1, 0.15) is 16.8 Å². The largest absolute Gasteiger partial charge is 0.451 e. The first-order valence-corrected chi connectivity index (χ1v) is 11.3. The fraction of sp³-hybridized carbons (Fsp3) is 0.600. The predicted octanol–water partition coefficient (Wildman–Crippen LogP) is 1.70. The first-order chi connectivity index (χ1) is 13.9. The highest BCUT2D eigenvalue weighted by Gasteiger charge is 2.35. The second-order valence-electron chi connectivity index (χ2n) is 7.85. The lowest BCUT2D eigenvalue weighted by atomic mass is 10.1. The van der Waals surface area contributed by atoms with Crippen molar-refractivity contribution in [1.29, 1.82) is 0 Å². The van der Waals surface area contributed by atoms with E-state index in [1.165, 1.54) is 19.1 Å². The van der Waals surface area contributed by atoms with Crippen LogP contribution in [0.5, 0.6) is 0 Å². The van der Waals surface area contributed by atoms with E-state index < -0.39 is 44.8 Å². The highest BCUT2D eigenvalue weighted by molar-refractivity contribution is 7.89. The van der Waals surface area contributed by atoms with E-state index in [1.807, 2.05) is 13.8 Å². The minimum Gasteiger partial charge on any atom is -0.451 e. The highest BCUT2D eigenvalue weighted by Crippen LogP contribution is 2.17. The van der Waals surface area contributed by atoms with Crippen molar-refractivity contribution in [2.24, 2.45) is 5.92 Å². The summed E-state index contributed by atoms with van der Waals surface area (Å²) in [7, 11) is -4.31. The minimum atomic E-state index is -4.31. The summed E-state index contributed by atoms with van der Waals surface area (Å²) in [5.41, 5.74) is 0. The Morgan fingerprint density at radius 2 is 1.73 bits per heavy atom. The van der Waals surface area contributed by atoms with E-state index >= 15 is 0 Å². The molecule has 1 aliphatic heterocycles. The van der Waals surface area contributed by atoms with Gasteiger partial charge in [-0.15, -0.1) is 0 Å². The number of morpholine rings is 1. The number of nitrogens with zero attached hydrogens (tertiary/aromatic N) is 1. The van der Waals surface area contributed by atoms with Crippen LogP contribution in [0.3, 0.4) is 0 Å². The van der Waals surface area contributed by atoms with E-state index in [0.717, 1.165) is 12.1 Å². The van der Waals surface area contributed by atoms with Gasteiger partial charge < -0.3 is 14.4 Å². The molecule has 0 aromatic heterocycles. The van der Waals surface area contributed by atoms with Gasteiger partial charge in [0, 0.05) is 13.1 Å². The second-order valence-corrected chi connectivity index (χ2v) is 9.54. The molecular weight excluding hydrogens is 415 g/mol. The molecule has 4 unspecified atom stereocenters. The van der Waals surface area contributed by atoms with Gasteiger partial charge >= 0.3 is 5.97 Å². The van der Waals surface area contributed by atoms with Crippen LogP contribution in [-0.2, 0) is 29.1 Å². The number of carbonyl (C=O) groups excluding carboxylic acids is 2. The van der Waals surface area contributed by atoms with Gasteiger partial charge in [0.05, 0.1) is 12.2 Å². The molecule has 0 saturated carbocycles. The number of halogens is 1.